The molecule has 0 radical (unpaired) electrons. The maximum Gasteiger partial charge on any atom is 0.252 e. The van der Waals surface area contributed by atoms with Crippen molar-refractivity contribution >= 4 is 28.3 Å². The van der Waals surface area contributed by atoms with Gasteiger partial charge in [0, 0.05) is 10.6 Å². The van der Waals surface area contributed by atoms with Crippen LogP contribution in [-0.2, 0) is 6.54 Å². The molecule has 3 heterocycles. The normalized spacial score (nSPS) is 14.5. The molecule has 1 saturated carbocycles. The van der Waals surface area contributed by atoms with Crippen molar-refractivity contribution in [3.63, 3.8) is 0 Å². The number of fused-ring (bicyclic) bond motifs is 1. The highest BCUT2D eigenvalue weighted by molar-refractivity contribution is 7.09. The number of thiophene rings is 1. The average Bonchev–Trinajstić information content (AvgIpc) is 3.35. The van der Waals surface area contributed by atoms with Gasteiger partial charge < -0.3 is 10.1 Å². The summed E-state index contributed by atoms with van der Waals surface area (Å²) in [6.45, 7) is 2.57. The number of methoxy groups -OCH3 is 1. The topological polar surface area (TPSA) is 69.0 Å². The molecule has 1 aliphatic carbocycles. The Kier molecular flexibility index (Phi) is 5.19. The molecule has 6 nitrogen and oxygen atoms in total. The van der Waals surface area contributed by atoms with Gasteiger partial charge in [0.25, 0.3) is 5.91 Å². The van der Waals surface area contributed by atoms with Crippen LogP contribution < -0.4 is 10.1 Å². The molecule has 0 spiro atoms. The van der Waals surface area contributed by atoms with E-state index in [0.717, 1.165) is 40.9 Å². The van der Waals surface area contributed by atoms with E-state index in [9.17, 15) is 4.79 Å². The fourth-order valence-corrected chi connectivity index (χ4v) is 4.65. The Bertz CT molecular complexity index is 1210. The first-order chi connectivity index (χ1) is 15.1. The lowest BCUT2D eigenvalue weighted by molar-refractivity contribution is 0.0933. The lowest BCUT2D eigenvalue weighted by Crippen LogP contribution is -2.30. The lowest BCUT2D eigenvalue weighted by Gasteiger charge is -2.19. The molecule has 1 amide bonds. The molecule has 1 fully saturated rings. The van der Waals surface area contributed by atoms with E-state index in [1.165, 1.54) is 4.88 Å². The van der Waals surface area contributed by atoms with Crippen LogP contribution in [-0.4, -0.2) is 27.8 Å². The van der Waals surface area contributed by atoms with Gasteiger partial charge in [0.15, 0.2) is 5.65 Å². The quantitative estimate of drug-likeness (QED) is 0.458. The van der Waals surface area contributed by atoms with Crippen molar-refractivity contribution in [2.45, 2.75) is 32.4 Å². The fourth-order valence-electron chi connectivity index (χ4n) is 3.96. The molecule has 1 aliphatic rings. The van der Waals surface area contributed by atoms with Crippen LogP contribution in [0.25, 0.3) is 11.0 Å². The number of amides is 1. The first-order valence-corrected chi connectivity index (χ1v) is 11.3. The first-order valence-electron chi connectivity index (χ1n) is 10.4. The molecule has 0 aliphatic heterocycles. The van der Waals surface area contributed by atoms with Crippen molar-refractivity contribution in [2.24, 2.45) is 5.92 Å². The smallest absolute Gasteiger partial charge is 0.252 e. The van der Waals surface area contributed by atoms with Crippen LogP contribution in [0.2, 0.25) is 0 Å². The van der Waals surface area contributed by atoms with Crippen molar-refractivity contribution in [3.05, 3.63) is 75.7 Å². The van der Waals surface area contributed by atoms with Crippen molar-refractivity contribution in [1.82, 2.24) is 20.1 Å². The van der Waals surface area contributed by atoms with Gasteiger partial charge in [0.2, 0.25) is 0 Å². The summed E-state index contributed by atoms with van der Waals surface area (Å²) in [6, 6.07) is 13.9. The number of rotatable bonds is 7. The van der Waals surface area contributed by atoms with Crippen LogP contribution in [0, 0.1) is 12.8 Å². The molecule has 1 aromatic carbocycles. The highest BCUT2D eigenvalue weighted by atomic mass is 32.1. The second-order valence-corrected chi connectivity index (χ2v) is 9.02. The minimum Gasteiger partial charge on any atom is -0.497 e. The summed E-state index contributed by atoms with van der Waals surface area (Å²) in [5, 5.41) is 10.6. The van der Waals surface area contributed by atoms with E-state index in [-0.39, 0.29) is 11.9 Å². The molecular formula is C24H24N4O2S. The molecule has 5 rings (SSSR count). The first kappa shape index (κ1) is 19.8. The lowest BCUT2D eigenvalue weighted by atomic mass is 10.0. The summed E-state index contributed by atoms with van der Waals surface area (Å²) >= 11 is 1.69. The number of nitrogens with zero attached hydrogens (tertiary/aromatic N) is 3. The van der Waals surface area contributed by atoms with E-state index in [4.69, 9.17) is 4.74 Å². The Labute approximate surface area is 184 Å². The molecule has 31 heavy (non-hydrogen) atoms. The van der Waals surface area contributed by atoms with Gasteiger partial charge in [-0.2, -0.15) is 5.10 Å². The molecule has 1 N–H and O–H groups in total. The molecule has 1 unspecified atom stereocenters. The van der Waals surface area contributed by atoms with Crippen LogP contribution in [0.15, 0.2) is 54.0 Å². The van der Waals surface area contributed by atoms with Gasteiger partial charge in [-0.3, -0.25) is 4.79 Å². The van der Waals surface area contributed by atoms with Gasteiger partial charge in [0.05, 0.1) is 36.8 Å². The Morgan fingerprint density at radius 1 is 1.29 bits per heavy atom. The maximum atomic E-state index is 13.4. The van der Waals surface area contributed by atoms with Crippen LogP contribution in [0.5, 0.6) is 5.75 Å². The number of hydrogen-bond acceptors (Lipinski definition) is 5. The third-order valence-corrected chi connectivity index (χ3v) is 6.58. The number of aryl methyl sites for hydroxylation is 1. The minimum absolute atomic E-state index is 0.0110. The molecule has 1 atom stereocenters. The average molecular weight is 433 g/mol. The summed E-state index contributed by atoms with van der Waals surface area (Å²) in [6.07, 6.45) is 4.00. The number of aromatic nitrogens is 3. The van der Waals surface area contributed by atoms with Gasteiger partial charge >= 0.3 is 0 Å². The monoisotopic (exact) mass is 432 g/mol. The third-order valence-electron chi connectivity index (χ3n) is 5.72. The number of nitrogens with one attached hydrogen (secondary N) is 1. The van der Waals surface area contributed by atoms with Crippen LogP contribution in [0.3, 0.4) is 0 Å². The highest BCUT2D eigenvalue weighted by Gasteiger charge is 2.34. The van der Waals surface area contributed by atoms with Gasteiger partial charge in [-0.05, 0) is 60.9 Å². The SMILES string of the molecule is COc1ccc(C(NC(=O)c2cc(C)nc3c2cnn3Cc2cccs2)C2CC2)cc1. The fraction of sp³-hybridized carbons (Fsp3) is 0.292. The van der Waals surface area contributed by atoms with Gasteiger partial charge in [-0.1, -0.05) is 18.2 Å². The minimum atomic E-state index is -0.0844. The number of hydrogen-bond donors (Lipinski definition) is 1. The summed E-state index contributed by atoms with van der Waals surface area (Å²) in [5.41, 5.74) is 3.27. The number of benzene rings is 1. The third kappa shape index (κ3) is 4.05. The summed E-state index contributed by atoms with van der Waals surface area (Å²) in [4.78, 5) is 19.3. The Morgan fingerprint density at radius 2 is 2.10 bits per heavy atom. The Balaban J connectivity index is 1.45. The maximum absolute atomic E-state index is 13.4. The molecule has 3 aromatic heterocycles. The molecule has 0 saturated heterocycles. The van der Waals surface area contributed by atoms with E-state index in [2.05, 4.69) is 26.8 Å². The van der Waals surface area contributed by atoms with E-state index in [0.29, 0.717) is 18.0 Å². The van der Waals surface area contributed by atoms with Gasteiger partial charge in [-0.15, -0.1) is 11.3 Å². The predicted octanol–water partition coefficient (Wildman–Crippen LogP) is 4.74. The van der Waals surface area contributed by atoms with Crippen LogP contribution >= 0.6 is 11.3 Å². The van der Waals surface area contributed by atoms with Crippen molar-refractivity contribution in [2.75, 3.05) is 7.11 Å². The second-order valence-electron chi connectivity index (χ2n) is 7.99. The number of pyridine rings is 1. The summed E-state index contributed by atoms with van der Waals surface area (Å²) in [5.74, 6) is 1.20. The highest BCUT2D eigenvalue weighted by Crippen LogP contribution is 2.41. The zero-order valence-corrected chi connectivity index (χ0v) is 18.4. The number of ether oxygens (including phenoxy) is 1. The Hall–Kier alpha value is -3.19. The predicted molar refractivity (Wildman–Crippen MR) is 122 cm³/mol. The van der Waals surface area contributed by atoms with Gasteiger partial charge in [0.1, 0.15) is 5.75 Å². The molecule has 158 valence electrons. The van der Waals surface area contributed by atoms with Crippen LogP contribution in [0.1, 0.15) is 45.4 Å². The molecule has 4 aromatic rings. The molecule has 7 heteroatoms. The summed E-state index contributed by atoms with van der Waals surface area (Å²) in [7, 11) is 1.66. The summed E-state index contributed by atoms with van der Waals surface area (Å²) < 4.78 is 7.14. The largest absolute Gasteiger partial charge is 0.497 e. The van der Waals surface area contributed by atoms with E-state index in [1.54, 1.807) is 24.6 Å². The second kappa shape index (κ2) is 8.15. The van der Waals surface area contributed by atoms with E-state index in [1.807, 2.05) is 48.0 Å². The zero-order valence-electron chi connectivity index (χ0n) is 17.5. The van der Waals surface area contributed by atoms with E-state index < -0.39 is 0 Å². The van der Waals surface area contributed by atoms with Gasteiger partial charge in [-0.25, -0.2) is 9.67 Å². The van der Waals surface area contributed by atoms with Crippen molar-refractivity contribution < 1.29 is 9.53 Å². The van der Waals surface area contributed by atoms with Crippen molar-refractivity contribution in [3.8, 4) is 5.75 Å². The Morgan fingerprint density at radius 3 is 2.77 bits per heavy atom. The standard InChI is InChI=1S/C24H24N4O2S/c1-15-12-20(21-13-25-28(23(21)26-15)14-19-4-3-11-31-19)24(29)27-22(16-5-6-16)17-7-9-18(30-2)10-8-17/h3-4,7-13,16,22H,5-6,14H2,1-2H3,(H,27,29). The van der Waals surface area contributed by atoms with Crippen LogP contribution in [0.4, 0.5) is 0 Å². The molecular weight excluding hydrogens is 408 g/mol. The van der Waals surface area contributed by atoms with Crippen molar-refractivity contribution in [1.29, 1.82) is 0 Å². The zero-order chi connectivity index (χ0) is 21.4. The van der Waals surface area contributed by atoms with E-state index >= 15 is 0 Å². The number of carbonyl (C=O) groups is 1. The number of carbonyl (C=O) groups excluding carboxylic acids is 1. The molecule has 0 bridgehead atoms.